The second kappa shape index (κ2) is 10.5. The molecule has 46 heavy (non-hydrogen) atoms. The van der Waals surface area contributed by atoms with Crippen molar-refractivity contribution < 1.29 is 46.3 Å². The van der Waals surface area contributed by atoms with Crippen LogP contribution in [0.4, 0.5) is 11.8 Å². The van der Waals surface area contributed by atoms with Crippen molar-refractivity contribution in [2.45, 2.75) is 49.4 Å². The highest BCUT2D eigenvalue weighted by atomic mass is 32.7. The molecular formula is C22H26N10O11P2S. The molecule has 0 aliphatic carbocycles. The van der Waals surface area contributed by atoms with E-state index in [9.17, 15) is 18.8 Å². The molecule has 4 aliphatic rings. The van der Waals surface area contributed by atoms with E-state index in [0.717, 1.165) is 0 Å². The third-order valence-corrected chi connectivity index (χ3v) is 11.0. The van der Waals surface area contributed by atoms with Crippen molar-refractivity contribution in [3.63, 3.8) is 0 Å². The number of nitrogens with one attached hydrogen (secondary N) is 1. The van der Waals surface area contributed by atoms with Gasteiger partial charge in [0.05, 0.1) is 38.6 Å². The summed E-state index contributed by atoms with van der Waals surface area (Å²) >= 11 is 4.24. The number of aromatic amines is 1. The number of phosphoric acid groups is 1. The van der Waals surface area contributed by atoms with Crippen molar-refractivity contribution >= 4 is 61.0 Å². The monoisotopic (exact) mass is 700 g/mol. The van der Waals surface area contributed by atoms with Gasteiger partial charge in [-0.2, -0.15) is 4.98 Å². The fourth-order valence-electron chi connectivity index (χ4n) is 6.19. The quantitative estimate of drug-likeness (QED) is 0.139. The van der Waals surface area contributed by atoms with E-state index in [0.29, 0.717) is 11.2 Å². The molecule has 0 amide bonds. The van der Waals surface area contributed by atoms with Crippen molar-refractivity contribution in [1.82, 2.24) is 39.0 Å². The Kier molecular flexibility index (Phi) is 6.92. The fraction of sp³-hybridized carbons (Fsp3) is 0.545. The molecule has 8 rings (SSSR count). The fourth-order valence-corrected chi connectivity index (χ4v) is 8.73. The number of hydrogen-bond acceptors (Lipinski definition) is 17. The highest BCUT2D eigenvalue weighted by Gasteiger charge is 2.66. The molecule has 0 spiro atoms. The van der Waals surface area contributed by atoms with Gasteiger partial charge in [0.2, 0.25) is 5.95 Å². The zero-order chi connectivity index (χ0) is 32.2. The van der Waals surface area contributed by atoms with Gasteiger partial charge in [-0.15, -0.1) is 0 Å². The molecule has 1 unspecified atom stereocenters. The second-order valence-electron chi connectivity index (χ2n) is 11.2. The topological polar surface area (TPSA) is 278 Å². The molecule has 4 fully saturated rings. The predicted octanol–water partition coefficient (Wildman–Crippen LogP) is 0.279. The predicted molar refractivity (Wildman–Crippen MR) is 156 cm³/mol. The SMILES string of the molecule is C[C@H]1[C@H]2O[P@@](=O)(S)OC[C@@]34CO[C@@H]([C@H](n5cnc6c(N)ncnc65)O3)[C@@H]4OP(=O)(O)OC[C@H]1O[C@H]2n1cnc2c(=O)[nH]c(N)nc21. The minimum atomic E-state index is -4.83. The number of hydrogen-bond donors (Lipinski definition) is 5. The number of thiol groups is 1. The number of imidazole rings is 2. The van der Waals surface area contributed by atoms with Gasteiger partial charge < -0.3 is 30.6 Å². The average Bonchev–Trinajstić information content (AvgIpc) is 3.80. The maximum Gasteiger partial charge on any atom is 0.472 e. The largest absolute Gasteiger partial charge is 0.472 e. The Morgan fingerprint density at radius 2 is 1.78 bits per heavy atom. The number of H-pyrrole nitrogens is 1. The maximum absolute atomic E-state index is 13.8. The first-order valence-corrected chi connectivity index (χ1v) is 18.0. The third kappa shape index (κ3) is 4.79. The number of nitrogens with zero attached hydrogens (tertiary/aromatic N) is 7. The molecule has 8 heterocycles. The summed E-state index contributed by atoms with van der Waals surface area (Å²) in [4.78, 5) is 46.3. The van der Waals surface area contributed by atoms with Crippen LogP contribution in [-0.4, -0.2) is 93.8 Å². The number of phosphoric ester groups is 1. The summed E-state index contributed by atoms with van der Waals surface area (Å²) in [6, 6.07) is 0. The van der Waals surface area contributed by atoms with Crippen molar-refractivity contribution in [3.05, 3.63) is 29.3 Å². The molecular weight excluding hydrogens is 674 g/mol. The Morgan fingerprint density at radius 3 is 2.59 bits per heavy atom. The van der Waals surface area contributed by atoms with Gasteiger partial charge in [0.1, 0.15) is 35.8 Å². The minimum Gasteiger partial charge on any atom is -0.382 e. The van der Waals surface area contributed by atoms with Crippen LogP contribution in [0.3, 0.4) is 0 Å². The lowest BCUT2D eigenvalue weighted by Gasteiger charge is -2.32. The van der Waals surface area contributed by atoms with Gasteiger partial charge in [-0.05, 0) is 0 Å². The number of ether oxygens (including phenoxy) is 3. The van der Waals surface area contributed by atoms with E-state index >= 15 is 0 Å². The van der Waals surface area contributed by atoms with Crippen molar-refractivity contribution in [2.75, 3.05) is 31.3 Å². The van der Waals surface area contributed by atoms with Crippen molar-refractivity contribution in [1.29, 1.82) is 0 Å². The number of anilines is 2. The van der Waals surface area contributed by atoms with Crippen LogP contribution >= 0.6 is 26.9 Å². The number of fused-ring (bicyclic) bond motifs is 4. The first-order valence-electron chi connectivity index (χ1n) is 13.8. The molecule has 0 radical (unpaired) electrons. The maximum atomic E-state index is 13.8. The summed E-state index contributed by atoms with van der Waals surface area (Å²) in [5.74, 6) is -0.672. The molecule has 21 nitrogen and oxygen atoms in total. The van der Waals surface area contributed by atoms with Crippen LogP contribution in [0.1, 0.15) is 19.4 Å². The van der Waals surface area contributed by atoms with Crippen molar-refractivity contribution in [2.24, 2.45) is 5.92 Å². The van der Waals surface area contributed by atoms with Gasteiger partial charge in [-0.3, -0.25) is 37.0 Å². The van der Waals surface area contributed by atoms with Crippen LogP contribution in [0.5, 0.6) is 0 Å². The molecule has 246 valence electrons. The van der Waals surface area contributed by atoms with E-state index in [1.54, 1.807) is 6.92 Å². The third-order valence-electron chi connectivity index (χ3n) is 8.44. The lowest BCUT2D eigenvalue weighted by molar-refractivity contribution is -0.183. The molecule has 4 bridgehead atoms. The molecule has 0 aromatic carbocycles. The van der Waals surface area contributed by atoms with E-state index in [-0.39, 0.29) is 29.5 Å². The van der Waals surface area contributed by atoms with Crippen LogP contribution in [0, 0.1) is 5.92 Å². The molecule has 4 aliphatic heterocycles. The number of nitrogens with two attached hydrogens (primary N) is 2. The highest BCUT2D eigenvalue weighted by Crippen LogP contribution is 2.61. The molecule has 4 aromatic rings. The second-order valence-corrected chi connectivity index (χ2v) is 15.5. The first kappa shape index (κ1) is 30.3. The minimum absolute atomic E-state index is 0.0365. The molecule has 10 atom stereocenters. The molecule has 24 heteroatoms. The van der Waals surface area contributed by atoms with E-state index in [2.05, 4.69) is 42.2 Å². The lowest BCUT2D eigenvalue weighted by atomic mass is 10.0. The Bertz CT molecular complexity index is 2030. The van der Waals surface area contributed by atoms with Crippen LogP contribution in [-0.2, 0) is 41.4 Å². The van der Waals surface area contributed by atoms with E-state index < -0.39 is 81.8 Å². The van der Waals surface area contributed by atoms with Crippen molar-refractivity contribution in [3.8, 4) is 0 Å². The molecule has 6 N–H and O–H groups in total. The Labute approximate surface area is 262 Å². The van der Waals surface area contributed by atoms with Crippen LogP contribution in [0.25, 0.3) is 22.3 Å². The molecule has 0 saturated carbocycles. The van der Waals surface area contributed by atoms with Gasteiger partial charge in [-0.25, -0.2) is 29.1 Å². The summed E-state index contributed by atoms with van der Waals surface area (Å²) in [5.41, 5.74) is 10.2. The molecule has 4 aromatic heterocycles. The normalized spacial score (nSPS) is 39.7. The number of nitrogen functional groups attached to an aromatic ring is 2. The van der Waals surface area contributed by atoms with Gasteiger partial charge in [0.25, 0.3) is 5.56 Å². The summed E-state index contributed by atoms with van der Waals surface area (Å²) in [5, 5.41) is 0. The molecule has 4 saturated heterocycles. The van der Waals surface area contributed by atoms with Crippen LogP contribution in [0.15, 0.2) is 23.8 Å². The summed E-state index contributed by atoms with van der Waals surface area (Å²) in [6.07, 6.45) is -2.40. The Balaban J connectivity index is 1.14. The Morgan fingerprint density at radius 1 is 1.02 bits per heavy atom. The van der Waals surface area contributed by atoms with Crippen LogP contribution in [0.2, 0.25) is 0 Å². The first-order chi connectivity index (χ1) is 21.8. The van der Waals surface area contributed by atoms with Gasteiger partial charge in [-0.1, -0.05) is 19.2 Å². The van der Waals surface area contributed by atoms with E-state index in [4.69, 9.17) is 43.8 Å². The van der Waals surface area contributed by atoms with E-state index in [1.807, 2.05) is 0 Å². The summed E-state index contributed by atoms with van der Waals surface area (Å²) in [7, 11) is -4.83. The summed E-state index contributed by atoms with van der Waals surface area (Å²) in [6.45, 7) is -3.70. The smallest absolute Gasteiger partial charge is 0.382 e. The van der Waals surface area contributed by atoms with E-state index in [1.165, 1.54) is 28.1 Å². The number of aromatic nitrogens is 8. The number of rotatable bonds is 2. The zero-order valence-electron chi connectivity index (χ0n) is 23.6. The Hall–Kier alpha value is -3.01. The van der Waals surface area contributed by atoms with Gasteiger partial charge >= 0.3 is 14.6 Å². The average molecular weight is 701 g/mol. The van der Waals surface area contributed by atoms with Crippen LogP contribution < -0.4 is 17.0 Å². The zero-order valence-corrected chi connectivity index (χ0v) is 26.2. The lowest BCUT2D eigenvalue weighted by Crippen LogP contribution is -2.45. The summed E-state index contributed by atoms with van der Waals surface area (Å²) < 4.78 is 71.5. The highest BCUT2D eigenvalue weighted by molar-refractivity contribution is 8.44. The van der Waals surface area contributed by atoms with Gasteiger partial charge in [0, 0.05) is 5.92 Å². The standard InChI is InChI=1S/C22H26N10O11P2S/c1-8-9-2-38-44(34,35)43-14-13-20(31-6-27-10-15(23)25-5-26-16(10)31)41-22(14,3-37-13)4-39-45(36,46)42-12(8)19(40-9)32-7-28-11-17(32)29-21(24)30-18(11)33/h5-9,12-14,19-20H,2-4H2,1H3,(H,34,35)(H,36,46)(H2,23,25,26)(H3,24,29,30,33)/t8-,9-,12-,13-,14+,19-,20-,22-,45+/m1/s1. The van der Waals surface area contributed by atoms with Gasteiger partial charge in [0.15, 0.2) is 35.1 Å².